The zero-order valence-electron chi connectivity index (χ0n) is 18.8. The average molecular weight is 493 g/mol. The molecule has 4 rings (SSSR count). The minimum atomic E-state index is -0.624. The van der Waals surface area contributed by atoms with Crippen LogP contribution >= 0.6 is 11.6 Å². The molecule has 182 valence electrons. The molecule has 1 atom stereocenters. The normalized spacial score (nSPS) is 20.8. The highest BCUT2D eigenvalue weighted by molar-refractivity contribution is 6.31. The Labute approximate surface area is 202 Å². The lowest BCUT2D eigenvalue weighted by Gasteiger charge is -2.43. The van der Waals surface area contributed by atoms with Crippen LogP contribution in [-0.2, 0) is 9.53 Å². The van der Waals surface area contributed by atoms with E-state index in [0.717, 1.165) is 0 Å². The van der Waals surface area contributed by atoms with Crippen LogP contribution in [0.3, 0.4) is 0 Å². The number of benzene rings is 2. The van der Waals surface area contributed by atoms with Gasteiger partial charge in [-0.05, 0) is 55.3 Å². The lowest BCUT2D eigenvalue weighted by atomic mass is 9.77. The van der Waals surface area contributed by atoms with E-state index < -0.39 is 11.2 Å². The first kappa shape index (κ1) is 24.4. The number of likely N-dealkylation sites (tertiary alicyclic amines) is 1. The monoisotopic (exact) mass is 492 g/mol. The van der Waals surface area contributed by atoms with E-state index in [4.69, 9.17) is 21.1 Å². The van der Waals surface area contributed by atoms with Gasteiger partial charge in [0.1, 0.15) is 17.4 Å². The van der Waals surface area contributed by atoms with Gasteiger partial charge in [0.05, 0.1) is 24.8 Å². The van der Waals surface area contributed by atoms with Crippen molar-refractivity contribution in [2.24, 2.45) is 5.41 Å². The Morgan fingerprint density at radius 3 is 2.47 bits per heavy atom. The smallest absolute Gasteiger partial charge is 0.253 e. The van der Waals surface area contributed by atoms with Gasteiger partial charge in [0.25, 0.3) is 5.91 Å². The van der Waals surface area contributed by atoms with Crippen molar-refractivity contribution >= 4 is 23.4 Å². The van der Waals surface area contributed by atoms with Crippen molar-refractivity contribution in [1.82, 2.24) is 9.80 Å². The topological polar surface area (TPSA) is 59.1 Å². The maximum Gasteiger partial charge on any atom is 0.253 e. The molecule has 0 aromatic heterocycles. The van der Waals surface area contributed by atoms with Gasteiger partial charge in [0.15, 0.2) is 0 Å². The van der Waals surface area contributed by atoms with Crippen LogP contribution in [0.5, 0.6) is 5.75 Å². The van der Waals surface area contributed by atoms with E-state index in [1.807, 2.05) is 0 Å². The number of carbonyl (C=O) groups excluding carboxylic acids is 2. The van der Waals surface area contributed by atoms with Crippen LogP contribution in [0.2, 0.25) is 5.02 Å². The Morgan fingerprint density at radius 2 is 1.76 bits per heavy atom. The molecule has 2 aromatic carbocycles. The fourth-order valence-corrected chi connectivity index (χ4v) is 4.70. The fourth-order valence-electron chi connectivity index (χ4n) is 4.52. The first-order chi connectivity index (χ1) is 16.3. The molecule has 0 unspecified atom stereocenters. The highest BCUT2D eigenvalue weighted by Crippen LogP contribution is 2.36. The van der Waals surface area contributed by atoms with Crippen molar-refractivity contribution < 1.29 is 27.8 Å². The van der Waals surface area contributed by atoms with Crippen molar-refractivity contribution in [2.45, 2.75) is 19.3 Å². The number of rotatable bonds is 6. The quantitative estimate of drug-likeness (QED) is 0.607. The maximum atomic E-state index is 13.6. The third-order valence-corrected chi connectivity index (χ3v) is 6.65. The van der Waals surface area contributed by atoms with Crippen LogP contribution in [0.1, 0.15) is 29.6 Å². The summed E-state index contributed by atoms with van der Waals surface area (Å²) < 4.78 is 38.2. The van der Waals surface area contributed by atoms with Gasteiger partial charge in [-0.2, -0.15) is 0 Å². The molecule has 2 aliphatic rings. The Kier molecular flexibility index (Phi) is 7.68. The minimum absolute atomic E-state index is 0.00914. The molecule has 0 spiro atoms. The van der Waals surface area contributed by atoms with Gasteiger partial charge in [-0.25, -0.2) is 8.78 Å². The molecule has 6 nitrogen and oxygen atoms in total. The summed E-state index contributed by atoms with van der Waals surface area (Å²) >= 11 is 5.88. The number of carbonyl (C=O) groups is 2. The van der Waals surface area contributed by atoms with Crippen molar-refractivity contribution in [1.29, 1.82) is 0 Å². The van der Waals surface area contributed by atoms with Gasteiger partial charge in [-0.3, -0.25) is 9.59 Å². The Balaban J connectivity index is 1.53. The summed E-state index contributed by atoms with van der Waals surface area (Å²) in [5.41, 5.74) is -0.331. The van der Waals surface area contributed by atoms with Gasteiger partial charge in [0.2, 0.25) is 5.91 Å². The number of amides is 2. The van der Waals surface area contributed by atoms with E-state index in [-0.39, 0.29) is 35.7 Å². The summed E-state index contributed by atoms with van der Waals surface area (Å²) in [5.74, 6) is -0.739. The Bertz CT molecular complexity index is 1030. The highest BCUT2D eigenvalue weighted by Gasteiger charge is 2.41. The summed E-state index contributed by atoms with van der Waals surface area (Å²) in [6, 6.07) is 9.62. The number of ether oxygens (including phenoxy) is 2. The molecule has 2 aromatic rings. The van der Waals surface area contributed by atoms with Crippen molar-refractivity contribution in [3.63, 3.8) is 0 Å². The van der Waals surface area contributed by atoms with Gasteiger partial charge < -0.3 is 19.3 Å². The molecule has 0 bridgehead atoms. The largest absolute Gasteiger partial charge is 0.493 e. The lowest BCUT2D eigenvalue weighted by molar-refractivity contribution is -0.139. The number of morpholine rings is 1. The number of hydrogen-bond donors (Lipinski definition) is 0. The Morgan fingerprint density at radius 1 is 1.03 bits per heavy atom. The summed E-state index contributed by atoms with van der Waals surface area (Å²) in [5, 5.41) is -0.115. The molecule has 0 saturated carbocycles. The van der Waals surface area contributed by atoms with Crippen LogP contribution in [0, 0.1) is 17.0 Å². The van der Waals surface area contributed by atoms with Crippen LogP contribution in [0.4, 0.5) is 8.78 Å². The molecule has 9 heteroatoms. The second-order valence-electron chi connectivity index (χ2n) is 8.87. The lowest BCUT2D eigenvalue weighted by Crippen LogP contribution is -2.52. The molecule has 2 amide bonds. The van der Waals surface area contributed by atoms with Gasteiger partial charge in [-0.15, -0.1) is 0 Å². The standard InChI is InChI=1S/C25H27ClF2N2O4/c26-21-14-18(2-7-22(21)28)24(32)30-9-1-8-25(16-30,15-23(31)29-10-12-33-13-11-29)17-34-20-5-3-19(27)4-6-20/h2-7,14H,1,8-13,15-17H2/t25-/m1/s1. The third-order valence-electron chi connectivity index (χ3n) is 6.36. The molecule has 0 radical (unpaired) electrons. The van der Waals surface area contributed by atoms with Gasteiger partial charge in [0, 0.05) is 43.6 Å². The second kappa shape index (κ2) is 10.7. The van der Waals surface area contributed by atoms with Crippen LogP contribution in [0.25, 0.3) is 0 Å². The van der Waals surface area contributed by atoms with Crippen molar-refractivity contribution in [3.05, 3.63) is 64.7 Å². The molecule has 2 saturated heterocycles. The minimum Gasteiger partial charge on any atom is -0.493 e. The van der Waals surface area contributed by atoms with E-state index in [1.165, 1.54) is 30.3 Å². The second-order valence-corrected chi connectivity index (χ2v) is 9.28. The first-order valence-electron chi connectivity index (χ1n) is 11.3. The summed E-state index contributed by atoms with van der Waals surface area (Å²) in [6.07, 6.45) is 1.59. The fraction of sp³-hybridized carbons (Fsp3) is 0.440. The summed E-state index contributed by atoms with van der Waals surface area (Å²) in [6.45, 7) is 3.08. The number of halogens is 3. The SMILES string of the molecule is O=C(C[C@]1(COc2ccc(F)cc2)CCCN(C(=O)c2ccc(F)c(Cl)c2)C1)N1CCOCC1. The van der Waals surface area contributed by atoms with Crippen molar-refractivity contribution in [2.75, 3.05) is 46.0 Å². The van der Waals surface area contributed by atoms with Crippen molar-refractivity contribution in [3.8, 4) is 5.75 Å². The molecule has 0 N–H and O–H groups in total. The predicted molar refractivity (Wildman–Crippen MR) is 123 cm³/mol. The molecule has 34 heavy (non-hydrogen) atoms. The number of nitrogens with zero attached hydrogens (tertiary/aromatic N) is 2. The third kappa shape index (κ3) is 5.85. The van der Waals surface area contributed by atoms with Gasteiger partial charge in [-0.1, -0.05) is 11.6 Å². The van der Waals surface area contributed by atoms with Crippen LogP contribution in [0.15, 0.2) is 42.5 Å². The zero-order chi connectivity index (χ0) is 24.1. The van der Waals surface area contributed by atoms with Gasteiger partial charge >= 0.3 is 0 Å². The van der Waals surface area contributed by atoms with E-state index in [0.29, 0.717) is 63.5 Å². The molecule has 2 fully saturated rings. The van der Waals surface area contributed by atoms with E-state index in [9.17, 15) is 18.4 Å². The van der Waals surface area contributed by atoms with E-state index in [1.54, 1.807) is 21.9 Å². The number of hydrogen-bond acceptors (Lipinski definition) is 4. The average Bonchev–Trinajstić information content (AvgIpc) is 2.85. The van der Waals surface area contributed by atoms with E-state index in [2.05, 4.69) is 0 Å². The van der Waals surface area contributed by atoms with Crippen LogP contribution in [-0.4, -0.2) is 67.6 Å². The highest BCUT2D eigenvalue weighted by atomic mass is 35.5. The molecular formula is C25H27ClF2N2O4. The molecule has 2 aliphatic heterocycles. The van der Waals surface area contributed by atoms with E-state index >= 15 is 0 Å². The molecule has 0 aliphatic carbocycles. The predicted octanol–water partition coefficient (Wildman–Crippen LogP) is 4.17. The maximum absolute atomic E-state index is 13.6. The first-order valence-corrected chi connectivity index (χ1v) is 11.7. The molecule has 2 heterocycles. The van der Waals surface area contributed by atoms with Crippen LogP contribution < -0.4 is 4.74 Å². The zero-order valence-corrected chi connectivity index (χ0v) is 19.5. The summed E-state index contributed by atoms with van der Waals surface area (Å²) in [4.78, 5) is 29.8. The Hall–Kier alpha value is -2.71. The molecular weight excluding hydrogens is 466 g/mol. The number of piperidine rings is 1. The summed E-state index contributed by atoms with van der Waals surface area (Å²) in [7, 11) is 0.